The van der Waals surface area contributed by atoms with E-state index in [0.29, 0.717) is 5.92 Å². The Morgan fingerprint density at radius 1 is 1.15 bits per heavy atom. The molecule has 1 fully saturated rings. The van der Waals surface area contributed by atoms with Crippen molar-refractivity contribution in [3.8, 4) is 0 Å². The highest BCUT2D eigenvalue weighted by Gasteiger charge is 2.25. The van der Waals surface area contributed by atoms with Crippen molar-refractivity contribution in [2.45, 2.75) is 57.1 Å². The van der Waals surface area contributed by atoms with E-state index in [1.807, 2.05) is 0 Å². The molecule has 2 nitrogen and oxygen atoms in total. The van der Waals surface area contributed by atoms with Crippen molar-refractivity contribution < 1.29 is 5.11 Å². The number of benzene rings is 1. The van der Waals surface area contributed by atoms with Gasteiger partial charge in [-0.05, 0) is 67.7 Å². The molecule has 4 rings (SSSR count). The van der Waals surface area contributed by atoms with Crippen LogP contribution in [0.25, 0.3) is 10.9 Å². The predicted molar refractivity (Wildman–Crippen MR) is 85.2 cm³/mol. The molecule has 1 aromatic heterocycles. The summed E-state index contributed by atoms with van der Waals surface area (Å²) in [4.78, 5) is 0. The van der Waals surface area contributed by atoms with Gasteiger partial charge < -0.3 is 9.67 Å². The number of aromatic nitrogens is 1. The quantitative estimate of drug-likeness (QED) is 0.823. The average molecular weight is 334 g/mol. The van der Waals surface area contributed by atoms with Crippen LogP contribution >= 0.6 is 15.9 Å². The second kappa shape index (κ2) is 4.88. The first-order valence-electron chi connectivity index (χ1n) is 7.71. The van der Waals surface area contributed by atoms with Crippen LogP contribution in [0, 0.1) is 0 Å². The molecule has 1 N–H and O–H groups in total. The van der Waals surface area contributed by atoms with Gasteiger partial charge in [-0.1, -0.05) is 15.9 Å². The number of aliphatic hydroxyl groups excluding tert-OH is 1. The molecule has 3 heteroatoms. The Labute approximate surface area is 127 Å². The molecule has 0 radical (unpaired) electrons. The van der Waals surface area contributed by atoms with Crippen LogP contribution in [-0.4, -0.2) is 15.8 Å². The van der Waals surface area contributed by atoms with Crippen LogP contribution in [0.4, 0.5) is 0 Å². The predicted octanol–water partition coefficient (Wildman–Crippen LogP) is 4.37. The third-order valence-electron chi connectivity index (χ3n) is 5.03. The lowest BCUT2D eigenvalue weighted by atomic mass is 9.82. The van der Waals surface area contributed by atoms with E-state index in [0.717, 1.165) is 32.2 Å². The van der Waals surface area contributed by atoms with Gasteiger partial charge in [-0.3, -0.25) is 0 Å². The Hall–Kier alpha value is -0.800. The number of halogens is 1. The molecule has 106 valence electrons. The van der Waals surface area contributed by atoms with Gasteiger partial charge in [0.05, 0.1) is 11.6 Å². The number of hydrogen-bond donors (Lipinski definition) is 1. The van der Waals surface area contributed by atoms with Gasteiger partial charge in [0.25, 0.3) is 0 Å². The number of nitrogens with zero attached hydrogens (tertiary/aromatic N) is 1. The Bertz CT molecular complexity index is 653. The minimum Gasteiger partial charge on any atom is -0.393 e. The summed E-state index contributed by atoms with van der Waals surface area (Å²) in [5.41, 5.74) is 4.46. The molecular formula is C17H20BrNO. The first-order chi connectivity index (χ1) is 9.72. The van der Waals surface area contributed by atoms with E-state index >= 15 is 0 Å². The Kier molecular flexibility index (Phi) is 3.15. The first-order valence-corrected chi connectivity index (χ1v) is 8.51. The molecule has 2 aliphatic rings. The fourth-order valence-electron chi connectivity index (χ4n) is 4.04. The zero-order chi connectivity index (χ0) is 13.7. The summed E-state index contributed by atoms with van der Waals surface area (Å²) in [5, 5.41) is 11.2. The number of aryl methyl sites for hydroxylation is 2. The maximum atomic E-state index is 9.72. The number of rotatable bonds is 1. The standard InChI is InChI=1S/C17H20BrNO/c18-13-8-12-2-1-7-19-10-16(15(9-13)17(12)19)11-3-5-14(20)6-4-11/h8-11,14,20H,1-7H2. The van der Waals surface area contributed by atoms with Gasteiger partial charge in [-0.25, -0.2) is 0 Å². The smallest absolute Gasteiger partial charge is 0.0540 e. The Balaban J connectivity index is 1.84. The molecule has 0 amide bonds. The zero-order valence-electron chi connectivity index (χ0n) is 11.6. The zero-order valence-corrected chi connectivity index (χ0v) is 13.2. The molecule has 0 atom stereocenters. The second-order valence-corrected chi connectivity index (χ2v) is 7.26. The Morgan fingerprint density at radius 2 is 1.95 bits per heavy atom. The van der Waals surface area contributed by atoms with Crippen LogP contribution in [0.2, 0.25) is 0 Å². The first kappa shape index (κ1) is 12.9. The van der Waals surface area contributed by atoms with Crippen molar-refractivity contribution in [2.75, 3.05) is 0 Å². The summed E-state index contributed by atoms with van der Waals surface area (Å²) >= 11 is 3.68. The van der Waals surface area contributed by atoms with E-state index < -0.39 is 0 Å². The van der Waals surface area contributed by atoms with E-state index in [-0.39, 0.29) is 6.10 Å². The van der Waals surface area contributed by atoms with Gasteiger partial charge in [0.15, 0.2) is 0 Å². The molecule has 0 bridgehead atoms. The molecule has 1 aliphatic carbocycles. The highest BCUT2D eigenvalue weighted by atomic mass is 79.9. The molecule has 0 spiro atoms. The fraction of sp³-hybridized carbons (Fsp3) is 0.529. The summed E-state index contributed by atoms with van der Waals surface area (Å²) in [5.74, 6) is 0.627. The molecule has 1 saturated carbocycles. The number of aliphatic hydroxyl groups is 1. The minimum absolute atomic E-state index is 0.0717. The van der Waals surface area contributed by atoms with Gasteiger partial charge in [0, 0.05) is 22.6 Å². The molecule has 2 aromatic rings. The average Bonchev–Trinajstić information content (AvgIpc) is 2.80. The summed E-state index contributed by atoms with van der Waals surface area (Å²) < 4.78 is 3.66. The molecule has 2 heterocycles. The Morgan fingerprint density at radius 3 is 2.75 bits per heavy atom. The van der Waals surface area contributed by atoms with Gasteiger partial charge in [-0.15, -0.1) is 0 Å². The minimum atomic E-state index is -0.0717. The van der Waals surface area contributed by atoms with Crippen molar-refractivity contribution in [1.29, 1.82) is 0 Å². The second-order valence-electron chi connectivity index (χ2n) is 6.35. The van der Waals surface area contributed by atoms with E-state index in [4.69, 9.17) is 0 Å². The SMILES string of the molecule is OC1CCC(c2cn3c4c(cc(Br)cc24)CCC3)CC1. The van der Waals surface area contributed by atoms with Crippen molar-refractivity contribution >= 4 is 26.8 Å². The third-order valence-corrected chi connectivity index (χ3v) is 5.49. The molecule has 0 saturated heterocycles. The molecule has 1 aromatic carbocycles. The van der Waals surface area contributed by atoms with Crippen LogP contribution < -0.4 is 0 Å². The van der Waals surface area contributed by atoms with Gasteiger partial charge in [0.2, 0.25) is 0 Å². The molecule has 20 heavy (non-hydrogen) atoms. The van der Waals surface area contributed by atoms with Crippen LogP contribution in [0.15, 0.2) is 22.8 Å². The summed E-state index contributed by atoms with van der Waals surface area (Å²) in [6.45, 7) is 1.15. The van der Waals surface area contributed by atoms with Crippen molar-refractivity contribution in [1.82, 2.24) is 4.57 Å². The van der Waals surface area contributed by atoms with Crippen molar-refractivity contribution in [2.24, 2.45) is 0 Å². The van der Waals surface area contributed by atoms with Crippen molar-refractivity contribution in [3.05, 3.63) is 33.9 Å². The van der Waals surface area contributed by atoms with Crippen LogP contribution in [-0.2, 0) is 13.0 Å². The lowest BCUT2D eigenvalue weighted by Gasteiger charge is -2.25. The fourth-order valence-corrected chi connectivity index (χ4v) is 4.54. The van der Waals surface area contributed by atoms with E-state index in [1.54, 1.807) is 0 Å². The third kappa shape index (κ3) is 2.03. The largest absolute Gasteiger partial charge is 0.393 e. The topological polar surface area (TPSA) is 25.2 Å². The molecule has 1 aliphatic heterocycles. The van der Waals surface area contributed by atoms with Crippen molar-refractivity contribution in [3.63, 3.8) is 0 Å². The van der Waals surface area contributed by atoms with E-state index in [1.165, 1.54) is 39.3 Å². The number of hydrogen-bond acceptors (Lipinski definition) is 1. The normalized spacial score (nSPS) is 26.1. The van der Waals surface area contributed by atoms with E-state index in [2.05, 4.69) is 38.8 Å². The highest BCUT2D eigenvalue weighted by molar-refractivity contribution is 9.10. The maximum absolute atomic E-state index is 9.72. The van der Waals surface area contributed by atoms with E-state index in [9.17, 15) is 5.11 Å². The van der Waals surface area contributed by atoms with Crippen LogP contribution in [0.3, 0.4) is 0 Å². The van der Waals surface area contributed by atoms with Crippen LogP contribution in [0.5, 0.6) is 0 Å². The van der Waals surface area contributed by atoms with Crippen LogP contribution in [0.1, 0.15) is 49.1 Å². The summed E-state index contributed by atoms with van der Waals surface area (Å²) in [6, 6.07) is 4.58. The monoisotopic (exact) mass is 333 g/mol. The van der Waals surface area contributed by atoms with Gasteiger partial charge in [0.1, 0.15) is 0 Å². The summed E-state index contributed by atoms with van der Waals surface area (Å²) in [6.07, 6.45) is 8.93. The van der Waals surface area contributed by atoms with Gasteiger partial charge in [-0.2, -0.15) is 0 Å². The maximum Gasteiger partial charge on any atom is 0.0540 e. The lowest BCUT2D eigenvalue weighted by Crippen LogP contribution is -2.16. The highest BCUT2D eigenvalue weighted by Crippen LogP contribution is 2.40. The molecule has 0 unspecified atom stereocenters. The van der Waals surface area contributed by atoms with Gasteiger partial charge >= 0.3 is 0 Å². The summed E-state index contributed by atoms with van der Waals surface area (Å²) in [7, 11) is 0. The molecular weight excluding hydrogens is 314 g/mol. The lowest BCUT2D eigenvalue weighted by molar-refractivity contribution is 0.122.